The number of nitrogens with zero attached hydrogens (tertiary/aromatic N) is 2. The van der Waals surface area contributed by atoms with Crippen LogP contribution in [0.4, 0.5) is 32.0 Å². The van der Waals surface area contributed by atoms with Crippen LogP contribution in [0, 0.1) is 0 Å². The van der Waals surface area contributed by atoms with E-state index in [2.05, 4.69) is 5.32 Å². The number of anilines is 1. The summed E-state index contributed by atoms with van der Waals surface area (Å²) in [5.41, 5.74) is 1.30. The summed E-state index contributed by atoms with van der Waals surface area (Å²) in [6.45, 7) is -0.759. The number of ether oxygens (including phenoxy) is 2. The van der Waals surface area contributed by atoms with Gasteiger partial charge in [-0.25, -0.2) is 0 Å². The molecule has 1 saturated heterocycles. The van der Waals surface area contributed by atoms with Crippen LogP contribution in [0.25, 0.3) is 0 Å². The monoisotopic (exact) mass is 567 g/mol. The van der Waals surface area contributed by atoms with Crippen LogP contribution >= 0.6 is 0 Å². The van der Waals surface area contributed by atoms with Gasteiger partial charge in [-0.3, -0.25) is 4.90 Å². The molecule has 4 rings (SSSR count). The largest absolute Gasteiger partial charge is 0.497 e. The van der Waals surface area contributed by atoms with Crippen LogP contribution in [-0.4, -0.2) is 63.2 Å². The third kappa shape index (κ3) is 7.00. The summed E-state index contributed by atoms with van der Waals surface area (Å²) in [6, 6.07) is 16.1. The zero-order valence-corrected chi connectivity index (χ0v) is 22.0. The second kappa shape index (κ2) is 12.4. The summed E-state index contributed by atoms with van der Waals surface area (Å²) in [6.07, 6.45) is -9.92. The van der Waals surface area contributed by atoms with Crippen LogP contribution in [0.3, 0.4) is 0 Å². The van der Waals surface area contributed by atoms with Crippen molar-refractivity contribution in [2.75, 3.05) is 38.8 Å². The smallest absolute Gasteiger partial charge is 0.410 e. The number of halogens is 6. The van der Waals surface area contributed by atoms with E-state index in [9.17, 15) is 26.3 Å². The number of methoxy groups -OCH3 is 2. The molecule has 0 bridgehead atoms. The van der Waals surface area contributed by atoms with Crippen LogP contribution < -0.4 is 19.7 Å². The van der Waals surface area contributed by atoms with Crippen molar-refractivity contribution in [3.05, 3.63) is 90.0 Å². The van der Waals surface area contributed by atoms with Crippen LogP contribution in [0.15, 0.2) is 78.9 Å². The molecule has 40 heavy (non-hydrogen) atoms. The first-order valence-corrected chi connectivity index (χ1v) is 12.7. The number of hydrogen-bond acceptors (Lipinski definition) is 5. The van der Waals surface area contributed by atoms with Gasteiger partial charge in [0.2, 0.25) is 0 Å². The quantitative estimate of drug-likeness (QED) is 0.311. The standard InChI is InChI=1S/C29H31F6N3O2/c1-39-23-13-22(14-24(15-23)40-2)38-26(28(30,31)32)18-37(19-27(38)29(33,34)35)25(21-11-7-4-8-12-21)17-36-16-20-9-5-3-6-10-20/h3-15,25-27,36H,16-19H2,1-2H3. The molecule has 5 nitrogen and oxygen atoms in total. The average molecular weight is 568 g/mol. The van der Waals surface area contributed by atoms with Gasteiger partial charge in [0, 0.05) is 56.1 Å². The minimum Gasteiger partial charge on any atom is -0.497 e. The lowest BCUT2D eigenvalue weighted by molar-refractivity contribution is -0.193. The Bertz CT molecular complexity index is 1180. The average Bonchev–Trinajstić information content (AvgIpc) is 2.94. The molecule has 0 spiro atoms. The molecule has 3 aromatic rings. The van der Waals surface area contributed by atoms with Gasteiger partial charge in [0.05, 0.1) is 14.2 Å². The third-order valence-electron chi connectivity index (χ3n) is 7.01. The Morgan fingerprint density at radius 3 is 1.75 bits per heavy atom. The van der Waals surface area contributed by atoms with Crippen molar-refractivity contribution in [3.8, 4) is 11.5 Å². The second-order valence-electron chi connectivity index (χ2n) is 9.59. The van der Waals surface area contributed by atoms with Gasteiger partial charge >= 0.3 is 12.4 Å². The predicted molar refractivity (Wildman–Crippen MR) is 141 cm³/mol. The first-order chi connectivity index (χ1) is 19.0. The number of benzene rings is 3. The first kappa shape index (κ1) is 29.5. The van der Waals surface area contributed by atoms with Crippen LogP contribution in [0.2, 0.25) is 0 Å². The molecule has 0 amide bonds. The highest BCUT2D eigenvalue weighted by Gasteiger charge is 2.57. The van der Waals surface area contributed by atoms with Gasteiger partial charge in [-0.2, -0.15) is 26.3 Å². The molecule has 216 valence electrons. The first-order valence-electron chi connectivity index (χ1n) is 12.7. The van der Waals surface area contributed by atoms with Crippen molar-refractivity contribution in [2.24, 2.45) is 0 Å². The molecule has 3 atom stereocenters. The van der Waals surface area contributed by atoms with E-state index in [0.29, 0.717) is 17.0 Å². The maximum atomic E-state index is 14.6. The molecule has 0 radical (unpaired) electrons. The normalized spacial score (nSPS) is 19.4. The van der Waals surface area contributed by atoms with E-state index in [0.717, 1.165) is 5.56 Å². The summed E-state index contributed by atoms with van der Waals surface area (Å²) in [7, 11) is 2.57. The predicted octanol–water partition coefficient (Wildman–Crippen LogP) is 6.22. The fourth-order valence-electron chi connectivity index (χ4n) is 5.07. The third-order valence-corrected chi connectivity index (χ3v) is 7.01. The van der Waals surface area contributed by atoms with Crippen molar-refractivity contribution in [1.29, 1.82) is 0 Å². The van der Waals surface area contributed by atoms with Gasteiger partial charge in [-0.15, -0.1) is 0 Å². The maximum absolute atomic E-state index is 14.6. The molecular weight excluding hydrogens is 536 g/mol. The van der Waals surface area contributed by atoms with Gasteiger partial charge in [-0.05, 0) is 11.1 Å². The van der Waals surface area contributed by atoms with E-state index in [-0.39, 0.29) is 23.7 Å². The maximum Gasteiger partial charge on any atom is 0.410 e. The van der Waals surface area contributed by atoms with Gasteiger partial charge in [-0.1, -0.05) is 60.7 Å². The van der Waals surface area contributed by atoms with Gasteiger partial charge in [0.15, 0.2) is 0 Å². The van der Waals surface area contributed by atoms with Crippen molar-refractivity contribution >= 4 is 5.69 Å². The minimum absolute atomic E-state index is 0.0888. The van der Waals surface area contributed by atoms with Gasteiger partial charge in [0.1, 0.15) is 23.6 Å². The van der Waals surface area contributed by atoms with Crippen molar-refractivity contribution in [1.82, 2.24) is 10.2 Å². The van der Waals surface area contributed by atoms with Crippen molar-refractivity contribution in [3.63, 3.8) is 0 Å². The lowest BCUT2D eigenvalue weighted by Crippen LogP contribution is -2.68. The summed E-state index contributed by atoms with van der Waals surface area (Å²) >= 11 is 0. The molecule has 11 heteroatoms. The zero-order chi connectivity index (χ0) is 28.9. The van der Waals surface area contributed by atoms with E-state index in [1.807, 2.05) is 30.3 Å². The van der Waals surface area contributed by atoms with Crippen LogP contribution in [0.1, 0.15) is 17.2 Å². The van der Waals surface area contributed by atoms with E-state index in [4.69, 9.17) is 9.47 Å². The Morgan fingerprint density at radius 2 is 1.27 bits per heavy atom. The number of rotatable bonds is 9. The molecule has 1 heterocycles. The highest BCUT2D eigenvalue weighted by molar-refractivity contribution is 5.58. The Balaban J connectivity index is 1.72. The van der Waals surface area contributed by atoms with Crippen LogP contribution in [0.5, 0.6) is 11.5 Å². The summed E-state index contributed by atoms with van der Waals surface area (Å²) < 4.78 is 97.9. The summed E-state index contributed by atoms with van der Waals surface area (Å²) in [5, 5.41) is 3.23. The Kier molecular flexibility index (Phi) is 9.15. The lowest BCUT2D eigenvalue weighted by Gasteiger charge is -2.50. The zero-order valence-electron chi connectivity index (χ0n) is 22.0. The molecule has 0 aromatic heterocycles. The number of nitrogens with one attached hydrogen (secondary N) is 1. The van der Waals surface area contributed by atoms with Crippen molar-refractivity contribution in [2.45, 2.75) is 37.0 Å². The minimum atomic E-state index is -4.96. The van der Waals surface area contributed by atoms with E-state index >= 15 is 0 Å². The molecule has 3 unspecified atom stereocenters. The van der Waals surface area contributed by atoms with E-state index in [1.54, 1.807) is 30.3 Å². The molecule has 0 saturated carbocycles. The fourth-order valence-corrected chi connectivity index (χ4v) is 5.07. The summed E-state index contributed by atoms with van der Waals surface area (Å²) in [4.78, 5) is 1.71. The Labute approximate surface area is 229 Å². The number of hydrogen-bond donors (Lipinski definition) is 1. The molecule has 1 N–H and O–H groups in total. The van der Waals surface area contributed by atoms with E-state index in [1.165, 1.54) is 37.3 Å². The number of piperazine rings is 1. The number of alkyl halides is 6. The topological polar surface area (TPSA) is 37.0 Å². The van der Waals surface area contributed by atoms with Crippen LogP contribution in [-0.2, 0) is 6.54 Å². The molecule has 0 aliphatic carbocycles. The Hall–Kier alpha value is -3.44. The SMILES string of the molecule is COc1cc(OC)cc(N2C(C(F)(F)F)CN(C(CNCc3ccccc3)c3ccccc3)CC2C(F)(F)F)c1. The lowest BCUT2D eigenvalue weighted by atomic mass is 9.97. The van der Waals surface area contributed by atoms with E-state index < -0.39 is 43.6 Å². The molecule has 1 aliphatic heterocycles. The van der Waals surface area contributed by atoms with Gasteiger partial charge < -0.3 is 19.7 Å². The molecule has 1 aliphatic rings. The second-order valence-corrected chi connectivity index (χ2v) is 9.59. The van der Waals surface area contributed by atoms with Gasteiger partial charge in [0.25, 0.3) is 0 Å². The summed E-state index contributed by atoms with van der Waals surface area (Å²) in [5.74, 6) is 0.178. The highest BCUT2D eigenvalue weighted by Crippen LogP contribution is 2.43. The highest BCUT2D eigenvalue weighted by atomic mass is 19.4. The van der Waals surface area contributed by atoms with Crippen molar-refractivity contribution < 1.29 is 35.8 Å². The molecule has 3 aromatic carbocycles. The fraction of sp³-hybridized carbons (Fsp3) is 0.379. The molecular formula is C29H31F6N3O2. The molecule has 1 fully saturated rings. The Morgan fingerprint density at radius 1 is 0.775 bits per heavy atom.